The van der Waals surface area contributed by atoms with E-state index in [1.54, 1.807) is 34.0 Å². The molecule has 0 aromatic rings. The quantitative estimate of drug-likeness (QED) is 0.0477. The van der Waals surface area contributed by atoms with Crippen LogP contribution in [0.1, 0.15) is 99.8 Å². The van der Waals surface area contributed by atoms with Crippen molar-refractivity contribution in [1.29, 1.82) is 0 Å². The summed E-state index contributed by atoms with van der Waals surface area (Å²) in [5.41, 5.74) is 5.96. The van der Waals surface area contributed by atoms with Gasteiger partial charge in [-0.05, 0) is 68.8 Å². The van der Waals surface area contributed by atoms with Crippen LogP contribution in [-0.4, -0.2) is 147 Å². The maximum atomic E-state index is 14.1. The highest BCUT2D eigenvalue weighted by Crippen LogP contribution is 2.22. The van der Waals surface area contributed by atoms with Gasteiger partial charge in [-0.25, -0.2) is 4.79 Å². The highest BCUT2D eigenvalue weighted by atomic mass is 32.2. The molecule has 20 nitrogen and oxygen atoms in total. The highest BCUT2D eigenvalue weighted by molar-refractivity contribution is 7.98. The molecule has 0 radical (unpaired) electrons. The fourth-order valence-electron chi connectivity index (χ4n) is 6.43. The molecule has 1 aliphatic rings. The number of likely N-dealkylation sites (tertiary alicyclic amines) is 1. The second-order valence-corrected chi connectivity index (χ2v) is 16.8. The summed E-state index contributed by atoms with van der Waals surface area (Å²) in [7, 11) is 0. The van der Waals surface area contributed by atoms with Gasteiger partial charge in [0.25, 0.3) is 0 Å². The molecule has 11 N–H and O–H groups in total. The van der Waals surface area contributed by atoms with Crippen LogP contribution in [0.15, 0.2) is 0 Å². The van der Waals surface area contributed by atoms with Gasteiger partial charge in [0.15, 0.2) is 0 Å². The number of aliphatic carboxylic acids is 2. The van der Waals surface area contributed by atoms with Crippen LogP contribution < -0.4 is 37.6 Å². The van der Waals surface area contributed by atoms with Gasteiger partial charge in [-0.3, -0.25) is 38.4 Å². The normalized spacial score (nSPS) is 18.3. The molecule has 0 aliphatic carbocycles. The number of carboxylic acids is 2. The minimum atomic E-state index is -1.52. The zero-order chi connectivity index (χ0) is 45.9. The molecule has 342 valence electrons. The second kappa shape index (κ2) is 26.7. The molecule has 0 spiro atoms. The fraction of sp³-hybridized carbons (Fsp3) is 0.769. The zero-order valence-corrected chi connectivity index (χ0v) is 36.9. The van der Waals surface area contributed by atoms with E-state index in [1.807, 2.05) is 13.8 Å². The van der Waals surface area contributed by atoms with Crippen molar-refractivity contribution in [3.05, 3.63) is 0 Å². The van der Waals surface area contributed by atoms with E-state index in [0.29, 0.717) is 31.4 Å². The van der Waals surface area contributed by atoms with Crippen LogP contribution in [-0.2, 0) is 43.2 Å². The average molecular weight is 873 g/mol. The van der Waals surface area contributed by atoms with Gasteiger partial charge in [-0.1, -0.05) is 54.4 Å². The van der Waals surface area contributed by atoms with Gasteiger partial charge in [0, 0.05) is 13.0 Å². The molecule has 0 bridgehead atoms. The monoisotopic (exact) mass is 872 g/mol. The molecule has 0 unspecified atom stereocenters. The van der Waals surface area contributed by atoms with Crippen molar-refractivity contribution in [1.82, 2.24) is 36.8 Å². The first-order valence-electron chi connectivity index (χ1n) is 20.6. The molecule has 0 aromatic heterocycles. The molecule has 1 aliphatic heterocycles. The lowest BCUT2D eigenvalue weighted by atomic mass is 9.97. The van der Waals surface area contributed by atoms with Crippen LogP contribution in [0, 0.1) is 17.8 Å². The van der Waals surface area contributed by atoms with E-state index >= 15 is 0 Å². The molecule has 1 fully saturated rings. The molecule has 7 amide bonds. The highest BCUT2D eigenvalue weighted by Gasteiger charge is 2.41. The van der Waals surface area contributed by atoms with Crippen LogP contribution >= 0.6 is 11.8 Å². The van der Waals surface area contributed by atoms with Gasteiger partial charge in [-0.2, -0.15) is 11.8 Å². The number of aliphatic hydroxyl groups excluding tert-OH is 1. The van der Waals surface area contributed by atoms with Gasteiger partial charge in [0.05, 0.1) is 12.6 Å². The third kappa shape index (κ3) is 17.2. The van der Waals surface area contributed by atoms with E-state index in [-0.39, 0.29) is 31.7 Å². The number of nitrogens with zero attached hydrogens (tertiary/aromatic N) is 1. The summed E-state index contributed by atoms with van der Waals surface area (Å²) in [5.74, 6) is -8.07. The Bertz CT molecular complexity index is 1500. The number of thioether (sulfide) groups is 1. The number of nitrogens with one attached hydrogen (secondary N) is 6. The summed E-state index contributed by atoms with van der Waals surface area (Å²) in [5, 5.41) is 43.8. The number of nitrogens with two attached hydrogens (primary N) is 1. The van der Waals surface area contributed by atoms with Gasteiger partial charge in [0.2, 0.25) is 41.4 Å². The van der Waals surface area contributed by atoms with Gasteiger partial charge in [-0.15, -0.1) is 0 Å². The van der Waals surface area contributed by atoms with Crippen LogP contribution in [0.5, 0.6) is 0 Å². The lowest BCUT2D eigenvalue weighted by Crippen LogP contribution is -2.61. The standard InChI is InChI=1S/C39H68N8O12S/c1-9-21(5)30(45-32(51)23(7)41-34(53)25(13-14-29(49)50)42-33(52)24(40)18-20(3)4)38(57)47-16-11-12-28(47)37(56)43-26(15-17-60-8)35(54)44-27(19-48)36(55)46-31(39(58)59)22(6)10-2/h20-28,30-31,48H,9-19,40H2,1-8H3,(H,41,53)(H,42,52)(H,43,56)(H,44,54)(H,45,51)(H,46,55)(H,49,50)(H,58,59)/t21-,22-,23-,24-,25-,26-,27-,28-,30-,31-/m0/s1. The van der Waals surface area contributed by atoms with E-state index in [2.05, 4.69) is 31.9 Å². The predicted molar refractivity (Wildman–Crippen MR) is 223 cm³/mol. The Morgan fingerprint density at radius 3 is 1.78 bits per heavy atom. The number of hydrogen-bond donors (Lipinski definition) is 10. The summed E-state index contributed by atoms with van der Waals surface area (Å²) in [6, 6.07) is -9.66. The lowest BCUT2D eigenvalue weighted by molar-refractivity contribution is -0.144. The Hall–Kier alpha value is -4.50. The Morgan fingerprint density at radius 2 is 1.25 bits per heavy atom. The van der Waals surface area contributed by atoms with Crippen molar-refractivity contribution in [2.45, 2.75) is 148 Å². The smallest absolute Gasteiger partial charge is 0.326 e. The van der Waals surface area contributed by atoms with Crippen molar-refractivity contribution in [2.24, 2.45) is 23.5 Å². The first kappa shape index (κ1) is 53.5. The van der Waals surface area contributed by atoms with E-state index in [9.17, 15) is 58.5 Å². The minimum Gasteiger partial charge on any atom is -0.481 e. The summed E-state index contributed by atoms with van der Waals surface area (Å²) >= 11 is 1.39. The van der Waals surface area contributed by atoms with Crippen LogP contribution in [0.2, 0.25) is 0 Å². The van der Waals surface area contributed by atoms with Gasteiger partial charge >= 0.3 is 11.9 Å². The number of amides is 7. The Kier molecular flexibility index (Phi) is 23.8. The molecule has 21 heteroatoms. The van der Waals surface area contributed by atoms with Crippen LogP contribution in [0.25, 0.3) is 0 Å². The van der Waals surface area contributed by atoms with Crippen molar-refractivity contribution in [3.8, 4) is 0 Å². The number of rotatable bonds is 27. The Labute approximate surface area is 356 Å². The SMILES string of the molecule is CC[C@H](C)[C@H](NC(=O)[C@H](CO)NC(=O)[C@H](CCSC)NC(=O)[C@@H]1CCCN1C(=O)[C@@H](NC(=O)[C@H](C)NC(=O)[C@H](CCC(=O)O)NC(=O)[C@@H](N)CC(C)C)[C@@H](C)CC)C(=O)O. The first-order valence-corrected chi connectivity index (χ1v) is 22.0. The number of carboxylic acid groups (broad SMARTS) is 2. The third-order valence-corrected chi connectivity index (χ3v) is 11.2. The van der Waals surface area contributed by atoms with E-state index < -0.39 is 126 Å². The summed E-state index contributed by atoms with van der Waals surface area (Å²) in [6.45, 7) is 11.3. The number of carbonyl (C=O) groups excluding carboxylic acids is 7. The molecule has 10 atom stereocenters. The van der Waals surface area contributed by atoms with Crippen molar-refractivity contribution >= 4 is 65.1 Å². The van der Waals surface area contributed by atoms with Gasteiger partial charge < -0.3 is 57.9 Å². The maximum absolute atomic E-state index is 14.1. The molecule has 60 heavy (non-hydrogen) atoms. The summed E-state index contributed by atoms with van der Waals surface area (Å²) in [4.78, 5) is 118. The maximum Gasteiger partial charge on any atom is 0.326 e. The first-order chi connectivity index (χ1) is 28.1. The van der Waals surface area contributed by atoms with Gasteiger partial charge in [0.1, 0.15) is 42.3 Å². The fourth-order valence-corrected chi connectivity index (χ4v) is 6.90. The molecule has 0 saturated carbocycles. The number of hydrogen-bond acceptors (Lipinski definition) is 12. The van der Waals surface area contributed by atoms with E-state index in [1.165, 1.54) is 23.6 Å². The summed E-state index contributed by atoms with van der Waals surface area (Å²) < 4.78 is 0. The molecule has 1 heterocycles. The lowest BCUT2D eigenvalue weighted by Gasteiger charge is -2.33. The largest absolute Gasteiger partial charge is 0.481 e. The second-order valence-electron chi connectivity index (χ2n) is 15.8. The molecule has 0 aromatic carbocycles. The molecule has 1 rings (SSSR count). The topological polar surface area (TPSA) is 316 Å². The molecular formula is C39H68N8O12S. The molecular weight excluding hydrogens is 805 g/mol. The molecule has 1 saturated heterocycles. The number of carbonyl (C=O) groups is 9. The van der Waals surface area contributed by atoms with Crippen molar-refractivity contribution in [2.75, 3.05) is 25.2 Å². The predicted octanol–water partition coefficient (Wildman–Crippen LogP) is -0.933. The van der Waals surface area contributed by atoms with E-state index in [0.717, 1.165) is 0 Å². The third-order valence-electron chi connectivity index (χ3n) is 10.5. The van der Waals surface area contributed by atoms with Crippen LogP contribution in [0.3, 0.4) is 0 Å². The Morgan fingerprint density at radius 1 is 0.717 bits per heavy atom. The average Bonchev–Trinajstić information content (AvgIpc) is 3.69. The summed E-state index contributed by atoms with van der Waals surface area (Å²) in [6.07, 6.45) is 3.03. The van der Waals surface area contributed by atoms with Crippen molar-refractivity contribution in [3.63, 3.8) is 0 Å². The Balaban J connectivity index is 3.17. The van der Waals surface area contributed by atoms with Crippen molar-refractivity contribution < 1.29 is 58.5 Å². The number of aliphatic hydroxyl groups is 1. The zero-order valence-electron chi connectivity index (χ0n) is 36.1. The minimum absolute atomic E-state index is 0.0734. The van der Waals surface area contributed by atoms with Crippen LogP contribution in [0.4, 0.5) is 0 Å². The van der Waals surface area contributed by atoms with E-state index in [4.69, 9.17) is 5.73 Å².